The van der Waals surface area contributed by atoms with Crippen molar-refractivity contribution in [3.05, 3.63) is 76.4 Å². The van der Waals surface area contributed by atoms with Gasteiger partial charge in [0.2, 0.25) is 5.91 Å². The van der Waals surface area contributed by atoms with Crippen LogP contribution in [0.3, 0.4) is 0 Å². The number of aromatic nitrogens is 2. The Morgan fingerprint density at radius 1 is 1.08 bits per heavy atom. The molecule has 0 aliphatic rings. The Labute approximate surface area is 152 Å². The van der Waals surface area contributed by atoms with Gasteiger partial charge < -0.3 is 5.32 Å². The highest BCUT2D eigenvalue weighted by molar-refractivity contribution is 5.93. The highest BCUT2D eigenvalue weighted by atomic mass is 19.1. The van der Waals surface area contributed by atoms with Crippen molar-refractivity contribution in [3.8, 4) is 5.69 Å². The zero-order chi connectivity index (χ0) is 18.8. The Morgan fingerprint density at radius 3 is 2.46 bits per heavy atom. The van der Waals surface area contributed by atoms with E-state index in [2.05, 4.69) is 10.4 Å². The normalized spacial score (nSPS) is 10.8. The zero-order valence-corrected chi connectivity index (χ0v) is 15.4. The topological polar surface area (TPSA) is 46.9 Å². The summed E-state index contributed by atoms with van der Waals surface area (Å²) in [6.07, 6.45) is 0.242. The second-order valence-electron chi connectivity index (χ2n) is 6.51. The third-order valence-electron chi connectivity index (χ3n) is 4.73. The van der Waals surface area contributed by atoms with Gasteiger partial charge in [-0.2, -0.15) is 5.10 Å². The smallest absolute Gasteiger partial charge is 0.228 e. The third-order valence-corrected chi connectivity index (χ3v) is 4.73. The molecule has 26 heavy (non-hydrogen) atoms. The molecule has 0 saturated heterocycles. The molecule has 1 heterocycles. The lowest BCUT2D eigenvalue weighted by Gasteiger charge is -2.10. The van der Waals surface area contributed by atoms with Crippen LogP contribution in [0.2, 0.25) is 0 Å². The van der Waals surface area contributed by atoms with E-state index in [1.165, 1.54) is 12.1 Å². The highest BCUT2D eigenvalue weighted by Gasteiger charge is 2.16. The van der Waals surface area contributed by atoms with Crippen LogP contribution in [-0.2, 0) is 11.2 Å². The molecule has 0 unspecified atom stereocenters. The lowest BCUT2D eigenvalue weighted by atomic mass is 10.1. The fourth-order valence-electron chi connectivity index (χ4n) is 3.01. The van der Waals surface area contributed by atoms with Crippen LogP contribution in [0.15, 0.2) is 42.5 Å². The van der Waals surface area contributed by atoms with E-state index in [1.54, 1.807) is 16.8 Å². The van der Waals surface area contributed by atoms with Crippen LogP contribution in [-0.4, -0.2) is 15.7 Å². The summed E-state index contributed by atoms with van der Waals surface area (Å²) in [5.41, 5.74) is 6.37. The summed E-state index contributed by atoms with van der Waals surface area (Å²) in [5, 5.41) is 7.50. The standard InChI is InChI=1S/C21H22FN3O/c1-13-6-5-7-20(14(13)2)23-21(26)12-19-15(3)24-25(16(19)4)18-10-8-17(22)9-11-18/h5-11H,12H2,1-4H3,(H,23,26). The number of benzene rings is 2. The van der Waals surface area contributed by atoms with Crippen LogP contribution < -0.4 is 5.32 Å². The van der Waals surface area contributed by atoms with E-state index in [9.17, 15) is 9.18 Å². The van der Waals surface area contributed by atoms with Crippen LogP contribution >= 0.6 is 0 Å². The average Bonchev–Trinajstić information content (AvgIpc) is 2.88. The van der Waals surface area contributed by atoms with Crippen molar-refractivity contribution in [1.29, 1.82) is 0 Å². The van der Waals surface area contributed by atoms with E-state index < -0.39 is 0 Å². The first kappa shape index (κ1) is 17.9. The van der Waals surface area contributed by atoms with Gasteiger partial charge in [0.05, 0.1) is 17.8 Å². The summed E-state index contributed by atoms with van der Waals surface area (Å²) in [4.78, 5) is 12.5. The minimum Gasteiger partial charge on any atom is -0.326 e. The second-order valence-corrected chi connectivity index (χ2v) is 6.51. The number of hydrogen-bond acceptors (Lipinski definition) is 2. The summed E-state index contributed by atoms with van der Waals surface area (Å²) in [5.74, 6) is -0.369. The van der Waals surface area contributed by atoms with Gasteiger partial charge in [-0.15, -0.1) is 0 Å². The van der Waals surface area contributed by atoms with Gasteiger partial charge in [-0.05, 0) is 69.2 Å². The van der Waals surface area contributed by atoms with E-state index in [-0.39, 0.29) is 18.1 Å². The highest BCUT2D eigenvalue weighted by Crippen LogP contribution is 2.21. The maximum atomic E-state index is 13.1. The van der Waals surface area contributed by atoms with Crippen LogP contribution in [0.25, 0.3) is 5.69 Å². The molecule has 4 nitrogen and oxygen atoms in total. The molecule has 0 radical (unpaired) electrons. The van der Waals surface area contributed by atoms with Crippen molar-refractivity contribution in [2.24, 2.45) is 0 Å². The number of rotatable bonds is 4. The fourth-order valence-corrected chi connectivity index (χ4v) is 3.01. The van der Waals surface area contributed by atoms with Gasteiger partial charge in [-0.1, -0.05) is 12.1 Å². The number of nitrogens with zero attached hydrogens (tertiary/aromatic N) is 2. The molecular weight excluding hydrogens is 329 g/mol. The summed E-state index contributed by atoms with van der Waals surface area (Å²) in [6.45, 7) is 7.82. The van der Waals surface area contributed by atoms with Gasteiger partial charge in [0, 0.05) is 16.9 Å². The first-order valence-electron chi connectivity index (χ1n) is 8.54. The number of carbonyl (C=O) groups excluding carboxylic acids is 1. The molecule has 5 heteroatoms. The Kier molecular flexibility index (Phi) is 4.89. The van der Waals surface area contributed by atoms with Gasteiger partial charge in [-0.3, -0.25) is 4.79 Å². The minimum atomic E-state index is -0.289. The molecule has 0 atom stereocenters. The Balaban J connectivity index is 1.83. The lowest BCUT2D eigenvalue weighted by molar-refractivity contribution is -0.115. The SMILES string of the molecule is Cc1cccc(NC(=O)Cc2c(C)nn(-c3ccc(F)cc3)c2C)c1C. The minimum absolute atomic E-state index is 0.0800. The molecule has 3 rings (SSSR count). The molecule has 3 aromatic rings. The van der Waals surface area contributed by atoms with E-state index in [4.69, 9.17) is 0 Å². The molecule has 0 bridgehead atoms. The molecule has 2 aromatic carbocycles. The van der Waals surface area contributed by atoms with Crippen LogP contribution in [0.4, 0.5) is 10.1 Å². The number of amides is 1. The van der Waals surface area contributed by atoms with Gasteiger partial charge >= 0.3 is 0 Å². The number of hydrogen-bond donors (Lipinski definition) is 1. The van der Waals surface area contributed by atoms with Crippen LogP contribution in [0.5, 0.6) is 0 Å². The molecule has 1 N–H and O–H groups in total. The molecule has 1 aromatic heterocycles. The number of nitrogens with one attached hydrogen (secondary N) is 1. The molecule has 0 fully saturated rings. The largest absolute Gasteiger partial charge is 0.326 e. The zero-order valence-electron chi connectivity index (χ0n) is 15.4. The summed E-state index contributed by atoms with van der Waals surface area (Å²) in [6, 6.07) is 12.0. The lowest BCUT2D eigenvalue weighted by Crippen LogP contribution is -2.16. The monoisotopic (exact) mass is 351 g/mol. The van der Waals surface area contributed by atoms with Gasteiger partial charge in [-0.25, -0.2) is 9.07 Å². The van der Waals surface area contributed by atoms with Gasteiger partial charge in [0.1, 0.15) is 5.82 Å². The van der Waals surface area contributed by atoms with E-state index in [1.807, 2.05) is 45.9 Å². The summed E-state index contributed by atoms with van der Waals surface area (Å²) >= 11 is 0. The number of anilines is 1. The van der Waals surface area contributed by atoms with Crippen molar-refractivity contribution in [2.75, 3.05) is 5.32 Å². The van der Waals surface area contributed by atoms with Gasteiger partial charge in [0.25, 0.3) is 0 Å². The molecule has 0 aliphatic carbocycles. The summed E-state index contributed by atoms with van der Waals surface area (Å²) < 4.78 is 14.9. The van der Waals surface area contributed by atoms with Crippen LogP contribution in [0.1, 0.15) is 28.1 Å². The van der Waals surface area contributed by atoms with E-state index >= 15 is 0 Å². The van der Waals surface area contributed by atoms with Crippen LogP contribution in [0, 0.1) is 33.5 Å². The number of aryl methyl sites for hydroxylation is 2. The van der Waals surface area contributed by atoms with Crippen molar-refractivity contribution < 1.29 is 9.18 Å². The average molecular weight is 351 g/mol. The van der Waals surface area contributed by atoms with Crippen molar-refractivity contribution in [1.82, 2.24) is 9.78 Å². The maximum Gasteiger partial charge on any atom is 0.228 e. The molecule has 0 aliphatic heterocycles. The van der Waals surface area contributed by atoms with Crippen molar-refractivity contribution >= 4 is 11.6 Å². The predicted octanol–water partition coefficient (Wildman–Crippen LogP) is 4.43. The number of carbonyl (C=O) groups is 1. The first-order chi connectivity index (χ1) is 12.4. The third kappa shape index (κ3) is 3.52. The Hall–Kier alpha value is -2.95. The molecule has 1 amide bonds. The van der Waals surface area contributed by atoms with Crippen molar-refractivity contribution in [3.63, 3.8) is 0 Å². The summed E-state index contributed by atoms with van der Waals surface area (Å²) in [7, 11) is 0. The maximum absolute atomic E-state index is 13.1. The van der Waals surface area contributed by atoms with Crippen molar-refractivity contribution in [2.45, 2.75) is 34.1 Å². The first-order valence-corrected chi connectivity index (χ1v) is 8.54. The van der Waals surface area contributed by atoms with E-state index in [0.717, 1.165) is 39.5 Å². The molecule has 0 saturated carbocycles. The van der Waals surface area contributed by atoms with Gasteiger partial charge in [0.15, 0.2) is 0 Å². The predicted molar refractivity (Wildman–Crippen MR) is 101 cm³/mol. The Morgan fingerprint density at radius 2 is 1.77 bits per heavy atom. The second kappa shape index (κ2) is 7.12. The van der Waals surface area contributed by atoms with E-state index in [0.29, 0.717) is 0 Å². The quantitative estimate of drug-likeness (QED) is 0.756. The fraction of sp³-hybridized carbons (Fsp3) is 0.238. The number of halogens is 1. The Bertz CT molecular complexity index is 958. The molecule has 0 spiro atoms. The molecular formula is C21H22FN3O. The molecule has 134 valence electrons.